The van der Waals surface area contributed by atoms with Gasteiger partial charge in [-0.3, -0.25) is 4.79 Å². The van der Waals surface area contributed by atoms with Gasteiger partial charge >= 0.3 is 12.0 Å². The van der Waals surface area contributed by atoms with Gasteiger partial charge < -0.3 is 20.7 Å². The number of ether oxygens (including phenoxy) is 1. The lowest BCUT2D eigenvalue weighted by molar-refractivity contribution is -0.147. The van der Waals surface area contributed by atoms with Crippen LogP contribution in [0.15, 0.2) is 103 Å². The maximum absolute atomic E-state index is 13.8. The number of carbonyl (C=O) groups is 3. The van der Waals surface area contributed by atoms with Gasteiger partial charge in [0.1, 0.15) is 12.6 Å². The predicted molar refractivity (Wildman–Crippen MR) is 170 cm³/mol. The second kappa shape index (κ2) is 15.5. The number of urea groups is 1. The van der Waals surface area contributed by atoms with Gasteiger partial charge in [-0.05, 0) is 46.2 Å². The second-order valence-corrected chi connectivity index (χ2v) is 11.4. The van der Waals surface area contributed by atoms with E-state index in [2.05, 4.69) is 5.32 Å². The van der Waals surface area contributed by atoms with Crippen molar-refractivity contribution in [2.24, 2.45) is 17.6 Å². The highest BCUT2D eigenvalue weighted by Gasteiger charge is 2.28. The number of nitrogens with zero attached hydrogens (tertiary/aromatic N) is 1. The van der Waals surface area contributed by atoms with Crippen molar-refractivity contribution in [2.75, 3.05) is 13.1 Å². The van der Waals surface area contributed by atoms with E-state index in [1.165, 1.54) is 0 Å². The fourth-order valence-electron chi connectivity index (χ4n) is 5.12. The summed E-state index contributed by atoms with van der Waals surface area (Å²) < 4.78 is 5.67. The zero-order valence-corrected chi connectivity index (χ0v) is 24.9. The summed E-state index contributed by atoms with van der Waals surface area (Å²) in [7, 11) is 0. The molecule has 0 aliphatic rings. The molecule has 3 amide bonds. The SMILES string of the molecule is CC(C)CN(CC(CCc1ccccc1)C(N)=O)C(=O)N[C@@H](Cc1ccc2ccccc2c1)C(=O)OCc1ccccc1. The number of fused-ring (bicyclic) bond motifs is 1. The Bertz CT molecular complexity index is 1490. The lowest BCUT2D eigenvalue weighted by atomic mass is 9.98. The molecule has 43 heavy (non-hydrogen) atoms. The topological polar surface area (TPSA) is 102 Å². The molecule has 7 heteroatoms. The van der Waals surface area contributed by atoms with Gasteiger partial charge in [-0.15, -0.1) is 0 Å². The Kier molecular flexibility index (Phi) is 11.3. The molecule has 0 bridgehead atoms. The first kappa shape index (κ1) is 31.3. The molecular formula is C36H41N3O4. The lowest BCUT2D eigenvalue weighted by Gasteiger charge is -2.30. The molecule has 0 aliphatic heterocycles. The average molecular weight is 580 g/mol. The first-order valence-electron chi connectivity index (χ1n) is 14.9. The molecule has 0 radical (unpaired) electrons. The summed E-state index contributed by atoms with van der Waals surface area (Å²) in [6.07, 6.45) is 1.44. The van der Waals surface area contributed by atoms with Gasteiger partial charge in [-0.1, -0.05) is 117 Å². The zero-order valence-electron chi connectivity index (χ0n) is 24.9. The van der Waals surface area contributed by atoms with E-state index < -0.39 is 29.9 Å². The van der Waals surface area contributed by atoms with Gasteiger partial charge in [0.15, 0.2) is 0 Å². The van der Waals surface area contributed by atoms with Gasteiger partial charge in [-0.2, -0.15) is 0 Å². The summed E-state index contributed by atoms with van der Waals surface area (Å²) >= 11 is 0. The Morgan fingerprint density at radius 2 is 1.40 bits per heavy atom. The van der Waals surface area contributed by atoms with E-state index in [4.69, 9.17) is 10.5 Å². The smallest absolute Gasteiger partial charge is 0.329 e. The summed E-state index contributed by atoms with van der Waals surface area (Å²) in [6, 6.07) is 32.0. The van der Waals surface area contributed by atoms with Gasteiger partial charge in [0.05, 0.1) is 5.92 Å². The van der Waals surface area contributed by atoms with Crippen LogP contribution in [0.3, 0.4) is 0 Å². The van der Waals surface area contributed by atoms with Crippen molar-refractivity contribution in [2.45, 2.75) is 45.8 Å². The summed E-state index contributed by atoms with van der Waals surface area (Å²) in [5.74, 6) is -1.37. The Labute approximate surface area is 254 Å². The van der Waals surface area contributed by atoms with Crippen LogP contribution < -0.4 is 11.1 Å². The van der Waals surface area contributed by atoms with Crippen LogP contribution in [0.4, 0.5) is 4.79 Å². The Morgan fingerprint density at radius 1 is 0.767 bits per heavy atom. The van der Waals surface area contributed by atoms with Crippen LogP contribution in [0.25, 0.3) is 10.8 Å². The molecule has 0 aliphatic carbocycles. The number of carbonyl (C=O) groups excluding carboxylic acids is 3. The monoisotopic (exact) mass is 579 g/mol. The van der Waals surface area contributed by atoms with Gasteiger partial charge in [0.2, 0.25) is 5.91 Å². The molecular weight excluding hydrogens is 538 g/mol. The summed E-state index contributed by atoms with van der Waals surface area (Å²) in [5.41, 5.74) is 8.66. The molecule has 0 fully saturated rings. The summed E-state index contributed by atoms with van der Waals surface area (Å²) in [6.45, 7) is 4.67. The van der Waals surface area contributed by atoms with Crippen molar-refractivity contribution in [1.82, 2.24) is 10.2 Å². The highest BCUT2D eigenvalue weighted by Crippen LogP contribution is 2.18. The minimum absolute atomic E-state index is 0.0999. The third kappa shape index (κ3) is 9.70. The Hall–Kier alpha value is -4.65. The number of amides is 3. The molecule has 0 heterocycles. The van der Waals surface area contributed by atoms with Crippen molar-refractivity contribution in [1.29, 1.82) is 0 Å². The largest absolute Gasteiger partial charge is 0.459 e. The van der Waals surface area contributed by atoms with E-state index in [0.717, 1.165) is 27.5 Å². The fourth-order valence-corrected chi connectivity index (χ4v) is 5.12. The third-order valence-corrected chi connectivity index (χ3v) is 7.40. The molecule has 224 valence electrons. The molecule has 4 rings (SSSR count). The third-order valence-electron chi connectivity index (χ3n) is 7.40. The number of nitrogens with two attached hydrogens (primary N) is 1. The number of nitrogens with one attached hydrogen (secondary N) is 1. The van der Waals surface area contributed by atoms with E-state index in [0.29, 0.717) is 19.4 Å². The first-order valence-corrected chi connectivity index (χ1v) is 14.9. The van der Waals surface area contributed by atoms with Crippen LogP contribution in [0, 0.1) is 11.8 Å². The predicted octanol–water partition coefficient (Wildman–Crippen LogP) is 5.90. The summed E-state index contributed by atoms with van der Waals surface area (Å²) in [4.78, 5) is 41.2. The molecule has 0 saturated carbocycles. The molecule has 1 unspecified atom stereocenters. The number of aryl methyl sites for hydroxylation is 1. The molecule has 4 aromatic rings. The standard InChI is InChI=1S/C36H41N3O4/c1-26(2)23-39(24-32(34(37)40)20-17-27-11-5-3-6-12-27)36(42)38-33(35(41)43-25-28-13-7-4-8-14-28)22-29-18-19-30-15-9-10-16-31(30)21-29/h3-16,18-19,21,26,32-33H,17,20,22-25H2,1-2H3,(H2,37,40)(H,38,42)/t32?,33-/m0/s1. The molecule has 0 aromatic heterocycles. The molecule has 3 N–H and O–H groups in total. The number of benzene rings is 4. The maximum atomic E-state index is 13.8. The second-order valence-electron chi connectivity index (χ2n) is 11.4. The zero-order chi connectivity index (χ0) is 30.6. The van der Waals surface area contributed by atoms with Crippen molar-refractivity contribution < 1.29 is 19.1 Å². The maximum Gasteiger partial charge on any atom is 0.329 e. The molecule has 2 atom stereocenters. The fraction of sp³-hybridized carbons (Fsp3) is 0.306. The van der Waals surface area contributed by atoms with Crippen LogP contribution in [0.1, 0.15) is 37.0 Å². The minimum atomic E-state index is -0.927. The van der Waals surface area contributed by atoms with Crippen LogP contribution in [-0.2, 0) is 33.8 Å². The van der Waals surface area contributed by atoms with E-state index in [9.17, 15) is 14.4 Å². The van der Waals surface area contributed by atoms with E-state index in [1.54, 1.807) is 4.90 Å². The van der Waals surface area contributed by atoms with Crippen molar-refractivity contribution >= 4 is 28.7 Å². The quantitative estimate of drug-likeness (QED) is 0.182. The molecule has 7 nitrogen and oxygen atoms in total. The normalized spacial score (nSPS) is 12.4. The van der Waals surface area contributed by atoms with Crippen LogP contribution >= 0.6 is 0 Å². The number of hydrogen-bond donors (Lipinski definition) is 2. The van der Waals surface area contributed by atoms with Gasteiger partial charge in [0.25, 0.3) is 0 Å². The Balaban J connectivity index is 1.51. The van der Waals surface area contributed by atoms with E-state index in [1.807, 2.05) is 117 Å². The number of rotatable bonds is 14. The highest BCUT2D eigenvalue weighted by atomic mass is 16.5. The summed E-state index contributed by atoms with van der Waals surface area (Å²) in [5, 5.41) is 5.07. The van der Waals surface area contributed by atoms with Crippen LogP contribution in [0.5, 0.6) is 0 Å². The molecule has 0 saturated heterocycles. The number of esters is 1. The number of primary amides is 1. The van der Waals surface area contributed by atoms with Crippen LogP contribution in [-0.4, -0.2) is 41.9 Å². The van der Waals surface area contributed by atoms with Crippen LogP contribution in [0.2, 0.25) is 0 Å². The minimum Gasteiger partial charge on any atom is -0.459 e. The molecule has 0 spiro atoms. The van der Waals surface area contributed by atoms with Crippen molar-refractivity contribution in [3.63, 3.8) is 0 Å². The average Bonchev–Trinajstić information content (AvgIpc) is 3.01. The number of hydrogen-bond acceptors (Lipinski definition) is 4. The molecule has 4 aromatic carbocycles. The van der Waals surface area contributed by atoms with Gasteiger partial charge in [0, 0.05) is 19.5 Å². The lowest BCUT2D eigenvalue weighted by Crippen LogP contribution is -2.52. The van der Waals surface area contributed by atoms with E-state index in [-0.39, 0.29) is 25.5 Å². The van der Waals surface area contributed by atoms with E-state index >= 15 is 0 Å². The van der Waals surface area contributed by atoms with Gasteiger partial charge in [-0.25, -0.2) is 9.59 Å². The highest BCUT2D eigenvalue weighted by molar-refractivity contribution is 5.86. The first-order chi connectivity index (χ1) is 20.8. The van der Waals surface area contributed by atoms with Crippen molar-refractivity contribution in [3.8, 4) is 0 Å². The van der Waals surface area contributed by atoms with Crippen molar-refractivity contribution in [3.05, 3.63) is 120 Å². The Morgan fingerprint density at radius 3 is 2.05 bits per heavy atom.